The molecule has 0 radical (unpaired) electrons. The lowest BCUT2D eigenvalue weighted by Gasteiger charge is -2.07. The maximum absolute atomic E-state index is 10.5. The van der Waals surface area contributed by atoms with E-state index >= 15 is 0 Å². The van der Waals surface area contributed by atoms with Crippen LogP contribution in [0.2, 0.25) is 0 Å². The molecule has 0 bridgehead atoms. The van der Waals surface area contributed by atoms with Crippen LogP contribution in [-0.4, -0.2) is 82.5 Å². The monoisotopic (exact) mass is 316 g/mol. The van der Waals surface area contributed by atoms with E-state index in [0.29, 0.717) is 52.9 Å². The molecule has 122 valence electrons. The molecular formula is C11H25O8P. The molecule has 0 unspecified atom stereocenters. The molecule has 0 saturated heterocycles. The highest BCUT2D eigenvalue weighted by molar-refractivity contribution is 7.51. The summed E-state index contributed by atoms with van der Waals surface area (Å²) in [6.45, 7) is 3.78. The Kier molecular flexibility index (Phi) is 13.9. The van der Waals surface area contributed by atoms with E-state index in [1.165, 1.54) is 0 Å². The number of ether oxygens (including phenoxy) is 5. The first-order valence-corrected chi connectivity index (χ1v) is 8.20. The third-order valence-electron chi connectivity index (χ3n) is 2.07. The standard InChI is InChI=1S/C11H25O8P/c1-15-2-3-16-4-5-17-6-7-18-8-9-19-10-11-20(12,13)14/h2-11H2,1H3,(H2,12,13,14). The Morgan fingerprint density at radius 3 is 1.40 bits per heavy atom. The van der Waals surface area contributed by atoms with Crippen LogP contribution >= 0.6 is 7.60 Å². The number of hydrogen-bond donors (Lipinski definition) is 2. The third-order valence-corrected chi connectivity index (χ3v) is 2.84. The van der Waals surface area contributed by atoms with E-state index in [9.17, 15) is 4.57 Å². The first-order valence-electron chi connectivity index (χ1n) is 6.41. The minimum absolute atomic E-state index is 0.0307. The van der Waals surface area contributed by atoms with Crippen molar-refractivity contribution in [3.05, 3.63) is 0 Å². The molecule has 0 saturated carbocycles. The van der Waals surface area contributed by atoms with Gasteiger partial charge in [-0.25, -0.2) is 0 Å². The van der Waals surface area contributed by atoms with Crippen molar-refractivity contribution in [3.8, 4) is 0 Å². The van der Waals surface area contributed by atoms with Gasteiger partial charge in [-0.2, -0.15) is 0 Å². The van der Waals surface area contributed by atoms with Gasteiger partial charge in [-0.1, -0.05) is 0 Å². The Hall–Kier alpha value is -0.0500. The fourth-order valence-corrected chi connectivity index (χ4v) is 1.45. The second-order valence-electron chi connectivity index (χ2n) is 3.83. The van der Waals surface area contributed by atoms with Gasteiger partial charge in [0, 0.05) is 7.11 Å². The van der Waals surface area contributed by atoms with E-state index < -0.39 is 7.60 Å². The lowest BCUT2D eigenvalue weighted by molar-refractivity contribution is -0.00680. The van der Waals surface area contributed by atoms with E-state index in [1.54, 1.807) is 7.11 Å². The predicted octanol–water partition coefficient (Wildman–Crippen LogP) is -0.123. The van der Waals surface area contributed by atoms with Crippen molar-refractivity contribution in [2.24, 2.45) is 0 Å². The molecule has 0 heterocycles. The molecule has 0 aromatic rings. The van der Waals surface area contributed by atoms with Gasteiger partial charge in [0.2, 0.25) is 0 Å². The van der Waals surface area contributed by atoms with Crippen LogP contribution in [0.1, 0.15) is 0 Å². The molecule has 0 aromatic heterocycles. The predicted molar refractivity (Wildman–Crippen MR) is 72.1 cm³/mol. The van der Waals surface area contributed by atoms with E-state index in [4.69, 9.17) is 33.5 Å². The van der Waals surface area contributed by atoms with Gasteiger partial charge in [0.25, 0.3) is 0 Å². The summed E-state index contributed by atoms with van der Waals surface area (Å²) in [5.41, 5.74) is 0. The van der Waals surface area contributed by atoms with Crippen LogP contribution in [0, 0.1) is 0 Å². The van der Waals surface area contributed by atoms with E-state index in [1.807, 2.05) is 0 Å². The second kappa shape index (κ2) is 13.9. The normalized spacial score (nSPS) is 11.9. The van der Waals surface area contributed by atoms with Crippen LogP contribution < -0.4 is 0 Å². The van der Waals surface area contributed by atoms with Gasteiger partial charge in [-0.05, 0) is 0 Å². The van der Waals surface area contributed by atoms with Gasteiger partial charge in [0.15, 0.2) is 0 Å². The van der Waals surface area contributed by atoms with Crippen molar-refractivity contribution >= 4 is 7.60 Å². The lowest BCUT2D eigenvalue weighted by atomic mass is 10.7. The van der Waals surface area contributed by atoms with Crippen molar-refractivity contribution in [1.29, 1.82) is 0 Å². The van der Waals surface area contributed by atoms with Gasteiger partial charge >= 0.3 is 7.60 Å². The molecule has 0 spiro atoms. The Bertz CT molecular complexity index is 245. The van der Waals surface area contributed by atoms with E-state index in [-0.39, 0.29) is 12.8 Å². The van der Waals surface area contributed by atoms with Crippen molar-refractivity contribution in [2.45, 2.75) is 0 Å². The van der Waals surface area contributed by atoms with Crippen LogP contribution in [0.4, 0.5) is 0 Å². The highest BCUT2D eigenvalue weighted by Gasteiger charge is 2.11. The second-order valence-corrected chi connectivity index (χ2v) is 5.61. The first-order chi connectivity index (χ1) is 9.56. The average Bonchev–Trinajstić information content (AvgIpc) is 2.38. The zero-order valence-electron chi connectivity index (χ0n) is 11.9. The fraction of sp³-hybridized carbons (Fsp3) is 1.00. The molecule has 8 nitrogen and oxygen atoms in total. The fourth-order valence-electron chi connectivity index (χ4n) is 1.09. The highest BCUT2D eigenvalue weighted by Crippen LogP contribution is 2.33. The van der Waals surface area contributed by atoms with Gasteiger partial charge in [0.05, 0.1) is 65.6 Å². The first kappa shape index (κ1) is 19.9. The number of methoxy groups -OCH3 is 1. The Morgan fingerprint density at radius 1 is 0.700 bits per heavy atom. The summed E-state index contributed by atoms with van der Waals surface area (Å²) in [6, 6.07) is 0. The molecule has 0 aromatic carbocycles. The summed E-state index contributed by atoms with van der Waals surface area (Å²) in [4.78, 5) is 17.2. The van der Waals surface area contributed by atoms with Crippen LogP contribution in [0.25, 0.3) is 0 Å². The summed E-state index contributed by atoms with van der Waals surface area (Å²) in [5, 5.41) is 0. The lowest BCUT2D eigenvalue weighted by Crippen LogP contribution is -2.13. The molecule has 9 heteroatoms. The van der Waals surface area contributed by atoms with Gasteiger partial charge in [-0.15, -0.1) is 0 Å². The highest BCUT2D eigenvalue weighted by atomic mass is 31.2. The minimum Gasteiger partial charge on any atom is -0.382 e. The quantitative estimate of drug-likeness (QED) is 0.318. The summed E-state index contributed by atoms with van der Waals surface area (Å²) in [5.74, 6) is 0. The molecule has 2 N–H and O–H groups in total. The van der Waals surface area contributed by atoms with Crippen LogP contribution in [-0.2, 0) is 28.2 Å². The molecule has 0 rings (SSSR count). The summed E-state index contributed by atoms with van der Waals surface area (Å²) >= 11 is 0. The van der Waals surface area contributed by atoms with Crippen molar-refractivity contribution < 1.29 is 38.0 Å². The molecule has 0 aliphatic rings. The minimum atomic E-state index is -3.96. The topological polar surface area (TPSA) is 104 Å². The van der Waals surface area contributed by atoms with E-state index in [2.05, 4.69) is 0 Å². The zero-order chi connectivity index (χ0) is 15.1. The van der Waals surface area contributed by atoms with Crippen LogP contribution in [0.3, 0.4) is 0 Å². The van der Waals surface area contributed by atoms with Crippen LogP contribution in [0.5, 0.6) is 0 Å². The molecule has 0 aliphatic carbocycles. The maximum atomic E-state index is 10.5. The molecule has 0 amide bonds. The maximum Gasteiger partial charge on any atom is 0.327 e. The smallest absolute Gasteiger partial charge is 0.327 e. The average molecular weight is 316 g/mol. The van der Waals surface area contributed by atoms with Gasteiger partial charge < -0.3 is 33.5 Å². The molecule has 20 heavy (non-hydrogen) atoms. The van der Waals surface area contributed by atoms with E-state index in [0.717, 1.165) is 0 Å². The molecule has 0 atom stereocenters. The summed E-state index contributed by atoms with van der Waals surface area (Å²) < 4.78 is 36.0. The van der Waals surface area contributed by atoms with Crippen molar-refractivity contribution in [2.75, 3.05) is 72.7 Å². The number of rotatable bonds is 15. The largest absolute Gasteiger partial charge is 0.382 e. The zero-order valence-corrected chi connectivity index (χ0v) is 12.8. The summed E-state index contributed by atoms with van der Waals surface area (Å²) in [6.07, 6.45) is -0.265. The van der Waals surface area contributed by atoms with Gasteiger partial charge in [-0.3, -0.25) is 4.57 Å². The third kappa shape index (κ3) is 17.9. The van der Waals surface area contributed by atoms with Crippen molar-refractivity contribution in [3.63, 3.8) is 0 Å². The SMILES string of the molecule is COCCOCCOCCOCCOCCP(=O)(O)O. The Balaban J connectivity index is 3.01. The number of hydrogen-bond acceptors (Lipinski definition) is 6. The Labute approximate surface area is 119 Å². The van der Waals surface area contributed by atoms with Crippen molar-refractivity contribution in [1.82, 2.24) is 0 Å². The molecular weight excluding hydrogens is 291 g/mol. The van der Waals surface area contributed by atoms with Crippen LogP contribution in [0.15, 0.2) is 0 Å². The molecule has 0 aliphatic heterocycles. The van der Waals surface area contributed by atoms with Gasteiger partial charge in [0.1, 0.15) is 0 Å². The Morgan fingerprint density at radius 2 is 1.05 bits per heavy atom. The molecule has 0 fully saturated rings. The summed E-state index contributed by atoms with van der Waals surface area (Å²) in [7, 11) is -2.34.